The van der Waals surface area contributed by atoms with Crippen LogP contribution < -0.4 is 5.32 Å². The van der Waals surface area contributed by atoms with Gasteiger partial charge in [-0.15, -0.1) is 0 Å². The van der Waals surface area contributed by atoms with Gasteiger partial charge >= 0.3 is 6.18 Å². The van der Waals surface area contributed by atoms with Crippen molar-refractivity contribution in [1.82, 2.24) is 10.2 Å². The SMILES string of the molecule is O=C(c1ccc(-c2ccc(F)cc2)cc1)N1CCC(C(=O)NC(c2ccccc2)C(F)(F)F)(c2ccc(F)cc2)CC1. The summed E-state index contributed by atoms with van der Waals surface area (Å²) in [5, 5.41) is 2.21. The molecule has 0 aromatic heterocycles. The average Bonchev–Trinajstić information content (AvgIpc) is 3.00. The molecular formula is C33H27F5N2O2. The minimum Gasteiger partial charge on any atom is -0.340 e. The summed E-state index contributed by atoms with van der Waals surface area (Å²) < 4.78 is 69.3. The number of piperidine rings is 1. The Hall–Kier alpha value is -4.53. The molecule has 4 aromatic carbocycles. The fourth-order valence-electron chi connectivity index (χ4n) is 5.41. The molecule has 4 aromatic rings. The van der Waals surface area contributed by atoms with E-state index >= 15 is 0 Å². The van der Waals surface area contributed by atoms with Crippen LogP contribution in [0.1, 0.15) is 40.4 Å². The van der Waals surface area contributed by atoms with Gasteiger partial charge in [-0.05, 0) is 71.5 Å². The minimum absolute atomic E-state index is 0.0449. The quantitative estimate of drug-likeness (QED) is 0.246. The Bertz CT molecular complexity index is 1530. The molecule has 1 N–H and O–H groups in total. The predicted molar refractivity (Wildman–Crippen MR) is 148 cm³/mol. The first-order valence-corrected chi connectivity index (χ1v) is 13.4. The molecule has 4 nitrogen and oxygen atoms in total. The molecule has 9 heteroatoms. The van der Waals surface area contributed by atoms with Gasteiger partial charge in [0.05, 0.1) is 5.41 Å². The number of rotatable bonds is 6. The lowest BCUT2D eigenvalue weighted by Gasteiger charge is -2.42. The first-order chi connectivity index (χ1) is 20.1. The van der Waals surface area contributed by atoms with Crippen molar-refractivity contribution in [2.24, 2.45) is 0 Å². The van der Waals surface area contributed by atoms with Crippen LogP contribution in [0.15, 0.2) is 103 Å². The van der Waals surface area contributed by atoms with E-state index in [1.807, 2.05) is 0 Å². The van der Waals surface area contributed by atoms with Crippen molar-refractivity contribution in [3.05, 3.63) is 131 Å². The van der Waals surface area contributed by atoms with Crippen LogP contribution in [0.5, 0.6) is 0 Å². The maximum atomic E-state index is 14.1. The second-order valence-electron chi connectivity index (χ2n) is 10.3. The number of benzene rings is 4. The number of likely N-dealkylation sites (tertiary alicyclic amines) is 1. The smallest absolute Gasteiger partial charge is 0.340 e. The zero-order chi connectivity index (χ0) is 29.9. The van der Waals surface area contributed by atoms with Crippen molar-refractivity contribution in [3.63, 3.8) is 0 Å². The highest BCUT2D eigenvalue weighted by Crippen LogP contribution is 2.39. The van der Waals surface area contributed by atoms with Crippen LogP contribution >= 0.6 is 0 Å². The molecule has 0 bridgehead atoms. The molecule has 0 radical (unpaired) electrons. The molecule has 5 rings (SSSR count). The Kier molecular flexibility index (Phi) is 8.11. The molecule has 1 fully saturated rings. The molecule has 2 amide bonds. The van der Waals surface area contributed by atoms with Crippen molar-refractivity contribution in [2.45, 2.75) is 30.5 Å². The van der Waals surface area contributed by atoms with E-state index in [9.17, 15) is 31.5 Å². The number of nitrogens with zero attached hydrogens (tertiary/aromatic N) is 1. The fourth-order valence-corrected chi connectivity index (χ4v) is 5.41. The molecule has 1 unspecified atom stereocenters. The Morgan fingerprint density at radius 1 is 0.714 bits per heavy atom. The van der Waals surface area contributed by atoms with E-state index in [2.05, 4.69) is 5.32 Å². The van der Waals surface area contributed by atoms with Crippen LogP contribution in [0, 0.1) is 11.6 Å². The standard InChI is InChI=1S/C33H27F5N2O2/c34-27-14-10-23(11-15-27)22-6-8-25(9-7-22)30(41)40-20-18-32(19-21-40,26-12-16-28(35)17-13-26)31(42)39-29(33(36,37)38)24-4-2-1-3-5-24/h1-17,29H,18-21H2,(H,39,42). The second kappa shape index (κ2) is 11.8. The third kappa shape index (κ3) is 6.05. The monoisotopic (exact) mass is 578 g/mol. The van der Waals surface area contributed by atoms with Crippen LogP contribution in [0.2, 0.25) is 0 Å². The number of halogens is 5. The van der Waals surface area contributed by atoms with Crippen molar-refractivity contribution in [3.8, 4) is 11.1 Å². The van der Waals surface area contributed by atoms with Gasteiger partial charge in [-0.1, -0.05) is 66.7 Å². The molecule has 0 saturated carbocycles. The Morgan fingerprint density at radius 2 is 1.21 bits per heavy atom. The van der Waals surface area contributed by atoms with Gasteiger partial charge in [-0.2, -0.15) is 13.2 Å². The molecule has 1 saturated heterocycles. The van der Waals surface area contributed by atoms with Crippen LogP contribution in [0.25, 0.3) is 11.1 Å². The van der Waals surface area contributed by atoms with Gasteiger partial charge in [0, 0.05) is 18.7 Å². The number of carbonyl (C=O) groups is 2. The van der Waals surface area contributed by atoms with Crippen molar-refractivity contribution in [1.29, 1.82) is 0 Å². The summed E-state index contributed by atoms with van der Waals surface area (Å²) in [4.78, 5) is 28.6. The summed E-state index contributed by atoms with van der Waals surface area (Å²) in [5.41, 5.74) is 0.858. The van der Waals surface area contributed by atoms with Crippen molar-refractivity contribution in [2.75, 3.05) is 13.1 Å². The molecule has 0 aliphatic carbocycles. The second-order valence-corrected chi connectivity index (χ2v) is 10.3. The molecule has 1 heterocycles. The molecule has 42 heavy (non-hydrogen) atoms. The summed E-state index contributed by atoms with van der Waals surface area (Å²) in [6, 6.07) is 22.8. The lowest BCUT2D eigenvalue weighted by atomic mass is 9.71. The number of carbonyl (C=O) groups excluding carboxylic acids is 2. The van der Waals surface area contributed by atoms with E-state index < -0.39 is 29.4 Å². The number of alkyl halides is 3. The maximum absolute atomic E-state index is 14.1. The highest BCUT2D eigenvalue weighted by atomic mass is 19.4. The summed E-state index contributed by atoms with van der Waals surface area (Å²) in [6.07, 6.45) is -4.66. The zero-order valence-corrected chi connectivity index (χ0v) is 22.4. The zero-order valence-electron chi connectivity index (χ0n) is 22.4. The lowest BCUT2D eigenvalue weighted by molar-refractivity contribution is -0.165. The summed E-state index contributed by atoms with van der Waals surface area (Å²) in [5.74, 6) is -2.01. The maximum Gasteiger partial charge on any atom is 0.412 e. The number of hydrogen-bond donors (Lipinski definition) is 1. The van der Waals surface area contributed by atoms with Crippen molar-refractivity contribution >= 4 is 11.8 Å². The summed E-state index contributed by atoms with van der Waals surface area (Å²) in [6.45, 7) is 0.205. The van der Waals surface area contributed by atoms with E-state index in [1.54, 1.807) is 47.4 Å². The van der Waals surface area contributed by atoms with Gasteiger partial charge in [0.2, 0.25) is 5.91 Å². The summed E-state index contributed by atoms with van der Waals surface area (Å²) >= 11 is 0. The van der Waals surface area contributed by atoms with Gasteiger partial charge in [0.25, 0.3) is 5.91 Å². The van der Waals surface area contributed by atoms with Crippen LogP contribution in [-0.4, -0.2) is 36.0 Å². The number of nitrogens with one attached hydrogen (secondary N) is 1. The number of hydrogen-bond acceptors (Lipinski definition) is 2. The Morgan fingerprint density at radius 3 is 1.74 bits per heavy atom. The van der Waals surface area contributed by atoms with Gasteiger partial charge in [-0.25, -0.2) is 8.78 Å². The van der Waals surface area contributed by atoms with E-state index in [1.165, 1.54) is 60.7 Å². The van der Waals surface area contributed by atoms with Gasteiger partial charge < -0.3 is 10.2 Å². The van der Waals surface area contributed by atoms with Crippen molar-refractivity contribution < 1.29 is 31.5 Å². The molecule has 1 aliphatic rings. The average molecular weight is 579 g/mol. The molecule has 0 spiro atoms. The van der Waals surface area contributed by atoms with E-state index in [0.29, 0.717) is 11.1 Å². The first kappa shape index (κ1) is 29.0. The van der Waals surface area contributed by atoms with Gasteiger partial charge in [-0.3, -0.25) is 9.59 Å². The van der Waals surface area contributed by atoms with Gasteiger partial charge in [0.1, 0.15) is 11.6 Å². The molecule has 1 atom stereocenters. The largest absolute Gasteiger partial charge is 0.412 e. The normalized spacial score (nSPS) is 15.6. The topological polar surface area (TPSA) is 49.4 Å². The minimum atomic E-state index is -4.75. The predicted octanol–water partition coefficient (Wildman–Crippen LogP) is 7.23. The lowest BCUT2D eigenvalue weighted by Crippen LogP contribution is -2.54. The number of amides is 2. The fraction of sp³-hybridized carbons (Fsp3) is 0.212. The molecular weight excluding hydrogens is 551 g/mol. The Balaban J connectivity index is 1.37. The third-order valence-electron chi connectivity index (χ3n) is 7.78. The first-order valence-electron chi connectivity index (χ1n) is 13.4. The third-order valence-corrected chi connectivity index (χ3v) is 7.78. The van der Waals surface area contributed by atoms with Gasteiger partial charge in [0.15, 0.2) is 6.04 Å². The van der Waals surface area contributed by atoms with E-state index in [-0.39, 0.29) is 43.2 Å². The summed E-state index contributed by atoms with van der Waals surface area (Å²) in [7, 11) is 0. The van der Waals surface area contributed by atoms with E-state index in [0.717, 1.165) is 11.1 Å². The van der Waals surface area contributed by atoms with Crippen LogP contribution in [0.3, 0.4) is 0 Å². The Labute approximate surface area is 239 Å². The van der Waals surface area contributed by atoms with Crippen LogP contribution in [-0.2, 0) is 10.2 Å². The van der Waals surface area contributed by atoms with E-state index in [4.69, 9.17) is 0 Å². The van der Waals surface area contributed by atoms with Crippen LogP contribution in [0.4, 0.5) is 22.0 Å². The molecule has 216 valence electrons. The highest BCUT2D eigenvalue weighted by molar-refractivity contribution is 5.95. The highest BCUT2D eigenvalue weighted by Gasteiger charge is 2.48. The molecule has 1 aliphatic heterocycles.